The molecule has 2 fully saturated rings. The van der Waals surface area contributed by atoms with Gasteiger partial charge in [0.2, 0.25) is 0 Å². The third kappa shape index (κ3) is 3.60. The van der Waals surface area contributed by atoms with Crippen LogP contribution in [0, 0.1) is 25.7 Å². The van der Waals surface area contributed by atoms with E-state index in [0.29, 0.717) is 18.9 Å². The van der Waals surface area contributed by atoms with E-state index >= 15 is 0 Å². The molecule has 2 unspecified atom stereocenters. The summed E-state index contributed by atoms with van der Waals surface area (Å²) in [6.07, 6.45) is -1.45. The molecular weight excluding hydrogens is 407 g/mol. The molecule has 7 nitrogen and oxygen atoms in total. The molecule has 5 heterocycles. The molecule has 3 aromatic heterocycles. The Hall–Kier alpha value is -3.17. The molecule has 5 rings (SSSR count). The number of nitrogens with zero attached hydrogens (tertiary/aromatic N) is 7. The van der Waals surface area contributed by atoms with Crippen molar-refractivity contribution in [2.45, 2.75) is 20.0 Å². The molecule has 10 heteroatoms. The van der Waals surface area contributed by atoms with Crippen molar-refractivity contribution in [3.05, 3.63) is 53.7 Å². The fraction of sp³-hybridized carbons (Fsp3) is 0.429. The summed E-state index contributed by atoms with van der Waals surface area (Å²) >= 11 is 0. The predicted octanol–water partition coefficient (Wildman–Crippen LogP) is 3.27. The summed E-state index contributed by atoms with van der Waals surface area (Å²) in [7, 11) is 0. The largest absolute Gasteiger partial charge is 0.419 e. The molecule has 0 spiro atoms. The number of halogens is 3. The van der Waals surface area contributed by atoms with Crippen LogP contribution in [-0.4, -0.2) is 50.9 Å². The second-order valence-electron chi connectivity index (χ2n) is 8.28. The van der Waals surface area contributed by atoms with Crippen LogP contribution in [-0.2, 0) is 6.18 Å². The van der Waals surface area contributed by atoms with Gasteiger partial charge < -0.3 is 9.80 Å². The first kappa shape index (κ1) is 19.8. The van der Waals surface area contributed by atoms with Crippen molar-refractivity contribution in [2.75, 3.05) is 36.0 Å². The highest BCUT2D eigenvalue weighted by molar-refractivity contribution is 5.51. The summed E-state index contributed by atoms with van der Waals surface area (Å²) in [4.78, 5) is 16.8. The summed E-state index contributed by atoms with van der Waals surface area (Å²) in [5.41, 5.74) is 1.24. The predicted molar refractivity (Wildman–Crippen MR) is 109 cm³/mol. The summed E-state index contributed by atoms with van der Waals surface area (Å²) in [5.74, 6) is 2.07. The molecule has 162 valence electrons. The SMILES string of the molecule is Cc1cc(C)n(-c2cc(N3CC4CN(c5ncccc5C(F)(F)F)CC4C3)ncn2)n1. The first-order chi connectivity index (χ1) is 14.8. The molecule has 0 saturated carbocycles. The summed E-state index contributed by atoms with van der Waals surface area (Å²) in [5, 5.41) is 4.48. The topological polar surface area (TPSA) is 63.0 Å². The van der Waals surface area contributed by atoms with Crippen LogP contribution in [0.2, 0.25) is 0 Å². The van der Waals surface area contributed by atoms with Crippen LogP contribution >= 0.6 is 0 Å². The molecular formula is C21H22F3N7. The van der Waals surface area contributed by atoms with E-state index in [0.717, 1.165) is 36.4 Å². The van der Waals surface area contributed by atoms with Crippen LogP contribution in [0.5, 0.6) is 0 Å². The van der Waals surface area contributed by atoms with Crippen molar-refractivity contribution in [1.82, 2.24) is 24.7 Å². The monoisotopic (exact) mass is 429 g/mol. The van der Waals surface area contributed by atoms with Gasteiger partial charge in [0.15, 0.2) is 5.82 Å². The van der Waals surface area contributed by atoms with Gasteiger partial charge in [0.1, 0.15) is 18.0 Å². The minimum Gasteiger partial charge on any atom is -0.356 e. The van der Waals surface area contributed by atoms with E-state index < -0.39 is 11.7 Å². The first-order valence-corrected chi connectivity index (χ1v) is 10.2. The van der Waals surface area contributed by atoms with Crippen molar-refractivity contribution in [3.8, 4) is 5.82 Å². The Labute approximate surface area is 177 Å². The fourth-order valence-corrected chi connectivity index (χ4v) is 4.71. The summed E-state index contributed by atoms with van der Waals surface area (Å²) in [6.45, 7) is 6.49. The maximum Gasteiger partial charge on any atom is 0.419 e. The number of aromatic nitrogens is 5. The van der Waals surface area contributed by atoms with Gasteiger partial charge in [-0.3, -0.25) is 0 Å². The second-order valence-corrected chi connectivity index (χ2v) is 8.28. The molecule has 2 aliphatic rings. The Morgan fingerprint density at radius 3 is 2.23 bits per heavy atom. The zero-order valence-corrected chi connectivity index (χ0v) is 17.2. The van der Waals surface area contributed by atoms with E-state index in [1.807, 2.05) is 26.0 Å². The van der Waals surface area contributed by atoms with Crippen LogP contribution in [0.3, 0.4) is 0 Å². The van der Waals surface area contributed by atoms with Crippen molar-refractivity contribution < 1.29 is 13.2 Å². The number of hydrogen-bond acceptors (Lipinski definition) is 6. The lowest BCUT2D eigenvalue weighted by molar-refractivity contribution is -0.137. The molecule has 0 aromatic carbocycles. The third-order valence-electron chi connectivity index (χ3n) is 6.07. The molecule has 0 aliphatic carbocycles. The smallest absolute Gasteiger partial charge is 0.356 e. The van der Waals surface area contributed by atoms with Crippen LogP contribution in [0.15, 0.2) is 36.8 Å². The lowest BCUT2D eigenvalue weighted by Gasteiger charge is -2.25. The quantitative estimate of drug-likeness (QED) is 0.637. The minimum absolute atomic E-state index is 0.0322. The van der Waals surface area contributed by atoms with Crippen molar-refractivity contribution in [1.29, 1.82) is 0 Å². The fourth-order valence-electron chi connectivity index (χ4n) is 4.71. The van der Waals surface area contributed by atoms with Crippen LogP contribution in [0.1, 0.15) is 17.0 Å². The van der Waals surface area contributed by atoms with Gasteiger partial charge in [-0.25, -0.2) is 19.6 Å². The lowest BCUT2D eigenvalue weighted by Crippen LogP contribution is -2.31. The highest BCUT2D eigenvalue weighted by Crippen LogP contribution is 2.40. The highest BCUT2D eigenvalue weighted by atomic mass is 19.4. The van der Waals surface area contributed by atoms with Gasteiger partial charge in [-0.1, -0.05) is 0 Å². The molecule has 0 N–H and O–H groups in total. The van der Waals surface area contributed by atoms with Gasteiger partial charge in [-0.05, 0) is 32.0 Å². The molecule has 2 aliphatic heterocycles. The Kier molecular flexibility index (Phi) is 4.60. The Morgan fingerprint density at radius 1 is 0.903 bits per heavy atom. The van der Waals surface area contributed by atoms with Crippen molar-refractivity contribution >= 4 is 11.6 Å². The Bertz CT molecular complexity index is 1100. The maximum absolute atomic E-state index is 13.4. The Morgan fingerprint density at radius 2 is 1.58 bits per heavy atom. The summed E-state index contributed by atoms with van der Waals surface area (Å²) in [6, 6.07) is 6.34. The second kappa shape index (κ2) is 7.21. The molecule has 0 bridgehead atoms. The van der Waals surface area contributed by atoms with E-state index in [-0.39, 0.29) is 17.7 Å². The van der Waals surface area contributed by atoms with E-state index in [4.69, 9.17) is 0 Å². The number of alkyl halides is 3. The van der Waals surface area contributed by atoms with Gasteiger partial charge in [-0.2, -0.15) is 18.3 Å². The van der Waals surface area contributed by atoms with Crippen LogP contribution < -0.4 is 9.80 Å². The molecule has 0 amide bonds. The minimum atomic E-state index is -4.41. The molecule has 0 radical (unpaired) electrons. The van der Waals surface area contributed by atoms with Gasteiger partial charge >= 0.3 is 6.18 Å². The average molecular weight is 429 g/mol. The first-order valence-electron chi connectivity index (χ1n) is 10.2. The number of hydrogen-bond donors (Lipinski definition) is 0. The van der Waals surface area contributed by atoms with Crippen LogP contribution in [0.4, 0.5) is 24.8 Å². The van der Waals surface area contributed by atoms with Gasteiger partial charge in [0.25, 0.3) is 0 Å². The van der Waals surface area contributed by atoms with Gasteiger partial charge in [0.05, 0.1) is 11.3 Å². The third-order valence-corrected chi connectivity index (χ3v) is 6.07. The number of pyridine rings is 1. The van der Waals surface area contributed by atoms with E-state index in [2.05, 4.69) is 25.0 Å². The lowest BCUT2D eigenvalue weighted by atomic mass is 10.0. The highest BCUT2D eigenvalue weighted by Gasteiger charge is 2.43. The standard InChI is InChI=1S/C21H22F3N7/c1-13-6-14(2)31(28-13)19-7-18(26-12-27-19)29-8-15-10-30(11-16(15)9-29)20-17(21(22,23)24)4-3-5-25-20/h3-7,12,15-16H,8-11H2,1-2H3. The normalized spacial score (nSPS) is 21.1. The van der Waals surface area contributed by atoms with Crippen LogP contribution in [0.25, 0.3) is 5.82 Å². The van der Waals surface area contributed by atoms with E-state index in [1.165, 1.54) is 18.6 Å². The molecule has 2 atom stereocenters. The summed E-state index contributed by atoms with van der Waals surface area (Å²) < 4.78 is 42.0. The van der Waals surface area contributed by atoms with E-state index in [1.54, 1.807) is 9.58 Å². The molecule has 2 saturated heterocycles. The number of anilines is 2. The molecule has 31 heavy (non-hydrogen) atoms. The number of fused-ring (bicyclic) bond motifs is 1. The van der Waals surface area contributed by atoms with Gasteiger partial charge in [0, 0.05) is 56.0 Å². The Balaban J connectivity index is 1.33. The van der Waals surface area contributed by atoms with E-state index in [9.17, 15) is 13.2 Å². The van der Waals surface area contributed by atoms with Crippen molar-refractivity contribution in [2.24, 2.45) is 11.8 Å². The van der Waals surface area contributed by atoms with Crippen molar-refractivity contribution in [3.63, 3.8) is 0 Å². The zero-order chi connectivity index (χ0) is 21.8. The average Bonchev–Trinajstić information content (AvgIpc) is 3.40. The maximum atomic E-state index is 13.4. The molecule has 3 aromatic rings. The van der Waals surface area contributed by atoms with Gasteiger partial charge in [-0.15, -0.1) is 0 Å². The zero-order valence-electron chi connectivity index (χ0n) is 17.2. The number of rotatable bonds is 3. The number of aryl methyl sites for hydroxylation is 2.